The third-order valence-corrected chi connectivity index (χ3v) is 3.47. The summed E-state index contributed by atoms with van der Waals surface area (Å²) >= 11 is 0. The van der Waals surface area contributed by atoms with Crippen molar-refractivity contribution in [3.63, 3.8) is 0 Å². The van der Waals surface area contributed by atoms with Crippen LogP contribution in [0.2, 0.25) is 0 Å². The van der Waals surface area contributed by atoms with Crippen LogP contribution in [-0.2, 0) is 9.53 Å². The van der Waals surface area contributed by atoms with Crippen molar-refractivity contribution in [2.45, 2.75) is 19.9 Å². The van der Waals surface area contributed by atoms with Crippen molar-refractivity contribution in [2.24, 2.45) is 0 Å². The fraction of sp³-hybridized carbons (Fsp3) is 0.467. The van der Waals surface area contributed by atoms with Crippen LogP contribution in [-0.4, -0.2) is 49.1 Å². The molecular weight excluding hydrogens is 275 g/mol. The van der Waals surface area contributed by atoms with Gasteiger partial charge < -0.3 is 15.0 Å². The van der Waals surface area contributed by atoms with E-state index >= 15 is 0 Å². The first-order valence-electron chi connectivity index (χ1n) is 6.92. The highest BCUT2D eigenvalue weighted by molar-refractivity contribution is 5.97. The zero-order valence-corrected chi connectivity index (χ0v) is 12.2. The van der Waals surface area contributed by atoms with Crippen LogP contribution in [0.1, 0.15) is 22.8 Å². The van der Waals surface area contributed by atoms with E-state index in [1.807, 2.05) is 0 Å². The summed E-state index contributed by atoms with van der Waals surface area (Å²) in [5.41, 5.74) is 0.684. The fourth-order valence-corrected chi connectivity index (χ4v) is 2.13. The zero-order chi connectivity index (χ0) is 15.4. The number of morpholine rings is 1. The first-order chi connectivity index (χ1) is 9.99. The van der Waals surface area contributed by atoms with Gasteiger partial charge in [-0.25, -0.2) is 4.39 Å². The molecule has 1 N–H and O–H groups in total. The largest absolute Gasteiger partial charge is 0.378 e. The van der Waals surface area contributed by atoms with Gasteiger partial charge >= 0.3 is 0 Å². The van der Waals surface area contributed by atoms with E-state index in [2.05, 4.69) is 5.32 Å². The lowest BCUT2D eigenvalue weighted by atomic mass is 10.1. The van der Waals surface area contributed by atoms with Gasteiger partial charge in [-0.1, -0.05) is 6.07 Å². The minimum atomic E-state index is -0.653. The quantitative estimate of drug-likeness (QED) is 0.908. The molecule has 0 saturated carbocycles. The van der Waals surface area contributed by atoms with Crippen LogP contribution in [0.15, 0.2) is 18.2 Å². The summed E-state index contributed by atoms with van der Waals surface area (Å²) in [4.78, 5) is 25.9. The van der Waals surface area contributed by atoms with Crippen molar-refractivity contribution < 1.29 is 18.7 Å². The van der Waals surface area contributed by atoms with Crippen LogP contribution in [0.4, 0.5) is 4.39 Å². The summed E-state index contributed by atoms with van der Waals surface area (Å²) in [5.74, 6) is -1.04. The molecule has 114 valence electrons. The van der Waals surface area contributed by atoms with E-state index in [0.717, 1.165) is 0 Å². The zero-order valence-electron chi connectivity index (χ0n) is 12.2. The van der Waals surface area contributed by atoms with E-state index in [0.29, 0.717) is 31.9 Å². The second kappa shape index (κ2) is 6.67. The lowest BCUT2D eigenvalue weighted by Gasteiger charge is -2.29. The molecule has 1 fully saturated rings. The van der Waals surface area contributed by atoms with Crippen molar-refractivity contribution in [1.82, 2.24) is 10.2 Å². The molecule has 1 aromatic carbocycles. The standard InChI is InChI=1S/C15H19FN2O3/c1-10-3-4-12(9-13(10)16)14(19)17-11(2)15(20)18-5-7-21-8-6-18/h3-4,9,11H,5-8H2,1-2H3,(H,17,19)/t11-/m0/s1. The Hall–Kier alpha value is -1.95. The molecule has 21 heavy (non-hydrogen) atoms. The Kier molecular flexibility index (Phi) is 4.90. The molecule has 5 nitrogen and oxygen atoms in total. The first kappa shape index (κ1) is 15.4. The number of aryl methyl sites for hydroxylation is 1. The number of hydrogen-bond donors (Lipinski definition) is 1. The Morgan fingerprint density at radius 1 is 1.33 bits per heavy atom. The summed E-state index contributed by atoms with van der Waals surface area (Å²) < 4.78 is 18.6. The molecule has 2 rings (SSSR count). The van der Waals surface area contributed by atoms with Crippen molar-refractivity contribution in [3.05, 3.63) is 35.1 Å². The molecule has 1 saturated heterocycles. The van der Waals surface area contributed by atoms with Crippen LogP contribution < -0.4 is 5.32 Å². The Labute approximate surface area is 123 Å². The Balaban J connectivity index is 1.97. The van der Waals surface area contributed by atoms with E-state index in [-0.39, 0.29) is 11.5 Å². The number of amides is 2. The second-order valence-electron chi connectivity index (χ2n) is 5.10. The molecule has 2 amide bonds. The van der Waals surface area contributed by atoms with Gasteiger partial charge in [-0.05, 0) is 31.5 Å². The van der Waals surface area contributed by atoms with Crippen LogP contribution in [0, 0.1) is 12.7 Å². The summed E-state index contributed by atoms with van der Waals surface area (Å²) in [6.07, 6.45) is 0. The summed E-state index contributed by atoms with van der Waals surface area (Å²) in [5, 5.41) is 2.60. The second-order valence-corrected chi connectivity index (χ2v) is 5.10. The van der Waals surface area contributed by atoms with Gasteiger partial charge in [0.15, 0.2) is 0 Å². The maximum absolute atomic E-state index is 13.5. The number of ether oxygens (including phenoxy) is 1. The number of nitrogens with one attached hydrogen (secondary N) is 1. The van der Waals surface area contributed by atoms with Crippen molar-refractivity contribution in [1.29, 1.82) is 0 Å². The predicted octanol–water partition coefficient (Wildman–Crippen LogP) is 1.11. The lowest BCUT2D eigenvalue weighted by Crippen LogP contribution is -2.50. The Morgan fingerprint density at radius 3 is 2.62 bits per heavy atom. The van der Waals surface area contributed by atoms with Crippen LogP contribution in [0.25, 0.3) is 0 Å². The molecule has 0 aromatic heterocycles. The highest BCUT2D eigenvalue weighted by Crippen LogP contribution is 2.09. The summed E-state index contributed by atoms with van der Waals surface area (Å²) in [6, 6.07) is 3.61. The maximum atomic E-state index is 13.5. The number of halogens is 1. The fourth-order valence-electron chi connectivity index (χ4n) is 2.13. The molecule has 0 spiro atoms. The number of carbonyl (C=O) groups is 2. The minimum absolute atomic E-state index is 0.153. The van der Waals surface area contributed by atoms with Crippen molar-refractivity contribution >= 4 is 11.8 Å². The third-order valence-electron chi connectivity index (χ3n) is 3.47. The van der Waals surface area contributed by atoms with Gasteiger partial charge in [0.2, 0.25) is 5.91 Å². The molecule has 6 heteroatoms. The normalized spacial score (nSPS) is 16.4. The maximum Gasteiger partial charge on any atom is 0.252 e. The average molecular weight is 294 g/mol. The predicted molar refractivity (Wildman–Crippen MR) is 75.5 cm³/mol. The molecule has 1 aliphatic rings. The van der Waals surface area contributed by atoms with E-state index < -0.39 is 17.8 Å². The van der Waals surface area contributed by atoms with E-state index in [4.69, 9.17) is 4.74 Å². The molecule has 1 aliphatic heterocycles. The average Bonchev–Trinajstić information content (AvgIpc) is 2.50. The number of hydrogen-bond acceptors (Lipinski definition) is 3. The molecule has 1 aromatic rings. The Morgan fingerprint density at radius 2 is 2.00 bits per heavy atom. The SMILES string of the molecule is Cc1ccc(C(=O)N[C@@H](C)C(=O)N2CCOCC2)cc1F. The van der Waals surface area contributed by atoms with Gasteiger partial charge in [0, 0.05) is 18.7 Å². The smallest absolute Gasteiger partial charge is 0.252 e. The Bertz CT molecular complexity index is 542. The number of carbonyl (C=O) groups excluding carboxylic acids is 2. The first-order valence-corrected chi connectivity index (χ1v) is 6.92. The van der Waals surface area contributed by atoms with Gasteiger partial charge in [-0.15, -0.1) is 0 Å². The van der Waals surface area contributed by atoms with E-state index in [1.165, 1.54) is 6.07 Å². The molecule has 0 aliphatic carbocycles. The molecular formula is C15H19FN2O3. The molecule has 0 unspecified atom stereocenters. The lowest BCUT2D eigenvalue weighted by molar-refractivity contribution is -0.136. The molecule has 1 heterocycles. The van der Waals surface area contributed by atoms with E-state index in [1.54, 1.807) is 30.9 Å². The van der Waals surface area contributed by atoms with Gasteiger partial charge in [0.05, 0.1) is 13.2 Å². The topological polar surface area (TPSA) is 58.6 Å². The highest BCUT2D eigenvalue weighted by atomic mass is 19.1. The van der Waals surface area contributed by atoms with Crippen molar-refractivity contribution in [2.75, 3.05) is 26.3 Å². The molecule has 0 bridgehead atoms. The van der Waals surface area contributed by atoms with Gasteiger partial charge in [0.1, 0.15) is 11.9 Å². The van der Waals surface area contributed by atoms with Gasteiger partial charge in [0.25, 0.3) is 5.91 Å². The summed E-state index contributed by atoms with van der Waals surface area (Å²) in [6.45, 7) is 5.32. The van der Waals surface area contributed by atoms with Crippen molar-refractivity contribution in [3.8, 4) is 0 Å². The van der Waals surface area contributed by atoms with Crippen LogP contribution in [0.3, 0.4) is 0 Å². The third kappa shape index (κ3) is 3.78. The molecule has 1 atom stereocenters. The highest BCUT2D eigenvalue weighted by Gasteiger charge is 2.24. The number of benzene rings is 1. The monoisotopic (exact) mass is 294 g/mol. The summed E-state index contributed by atoms with van der Waals surface area (Å²) in [7, 11) is 0. The van der Waals surface area contributed by atoms with Gasteiger partial charge in [-0.3, -0.25) is 9.59 Å². The van der Waals surface area contributed by atoms with E-state index in [9.17, 15) is 14.0 Å². The van der Waals surface area contributed by atoms with Crippen LogP contribution >= 0.6 is 0 Å². The van der Waals surface area contributed by atoms with Crippen LogP contribution in [0.5, 0.6) is 0 Å². The molecule has 0 radical (unpaired) electrons. The van der Waals surface area contributed by atoms with Gasteiger partial charge in [-0.2, -0.15) is 0 Å². The minimum Gasteiger partial charge on any atom is -0.378 e. The number of rotatable bonds is 3. The number of nitrogens with zero attached hydrogens (tertiary/aromatic N) is 1.